The highest BCUT2D eigenvalue weighted by atomic mass is 19.1. The summed E-state index contributed by atoms with van der Waals surface area (Å²) in [6, 6.07) is 3.95. The van der Waals surface area contributed by atoms with E-state index in [0.717, 1.165) is 12.8 Å². The molecule has 1 unspecified atom stereocenters. The fourth-order valence-electron chi connectivity index (χ4n) is 3.23. The van der Waals surface area contributed by atoms with Gasteiger partial charge in [0.2, 0.25) is 0 Å². The van der Waals surface area contributed by atoms with Crippen molar-refractivity contribution < 1.29 is 13.5 Å². The van der Waals surface area contributed by atoms with Crippen LogP contribution in [0.1, 0.15) is 43.8 Å². The molecule has 19 heavy (non-hydrogen) atoms. The topological polar surface area (TPSA) is 21.3 Å². The van der Waals surface area contributed by atoms with Crippen molar-refractivity contribution in [2.75, 3.05) is 13.2 Å². The number of hydrogen-bond donors (Lipinski definition) is 1. The van der Waals surface area contributed by atoms with Crippen LogP contribution in [0.15, 0.2) is 18.2 Å². The van der Waals surface area contributed by atoms with E-state index in [-0.39, 0.29) is 11.1 Å². The lowest BCUT2D eigenvalue weighted by Crippen LogP contribution is -2.56. The molecule has 1 atom stereocenters. The number of hydrogen-bond acceptors (Lipinski definition) is 2. The summed E-state index contributed by atoms with van der Waals surface area (Å²) >= 11 is 0. The highest BCUT2D eigenvalue weighted by Gasteiger charge is 2.38. The number of benzene rings is 1. The van der Waals surface area contributed by atoms with Crippen molar-refractivity contribution in [1.29, 1.82) is 0 Å². The van der Waals surface area contributed by atoms with Crippen molar-refractivity contribution in [1.82, 2.24) is 5.32 Å². The summed E-state index contributed by atoms with van der Waals surface area (Å²) in [5.41, 5.74) is 0.0943. The second-order valence-electron chi connectivity index (χ2n) is 5.66. The Bertz CT molecular complexity index is 427. The molecule has 1 aromatic rings. The van der Waals surface area contributed by atoms with Gasteiger partial charge in [-0.05, 0) is 25.0 Å². The smallest absolute Gasteiger partial charge is 0.132 e. The minimum absolute atomic E-state index is 0.0382. The van der Waals surface area contributed by atoms with Gasteiger partial charge in [-0.1, -0.05) is 25.3 Å². The van der Waals surface area contributed by atoms with Gasteiger partial charge in [-0.15, -0.1) is 0 Å². The molecule has 1 aliphatic carbocycles. The first-order valence-electron chi connectivity index (χ1n) is 7.01. The molecule has 104 valence electrons. The molecule has 1 aromatic carbocycles. The Morgan fingerprint density at radius 2 is 1.79 bits per heavy atom. The van der Waals surface area contributed by atoms with Crippen molar-refractivity contribution in [3.05, 3.63) is 35.4 Å². The molecule has 1 saturated carbocycles. The van der Waals surface area contributed by atoms with E-state index >= 15 is 0 Å². The van der Waals surface area contributed by atoms with Crippen LogP contribution in [0.3, 0.4) is 0 Å². The van der Waals surface area contributed by atoms with Gasteiger partial charge in [0, 0.05) is 12.1 Å². The van der Waals surface area contributed by atoms with E-state index in [2.05, 4.69) is 5.32 Å². The highest BCUT2D eigenvalue weighted by molar-refractivity contribution is 5.23. The van der Waals surface area contributed by atoms with Crippen LogP contribution in [0.4, 0.5) is 8.78 Å². The lowest BCUT2D eigenvalue weighted by atomic mass is 9.81. The summed E-state index contributed by atoms with van der Waals surface area (Å²) in [5, 5.41) is 3.48. The SMILES string of the molecule is Fc1cccc(F)c1C1CNC2(CCCCC2)CO1. The second-order valence-corrected chi connectivity index (χ2v) is 5.66. The zero-order chi connectivity index (χ0) is 13.3. The van der Waals surface area contributed by atoms with Crippen molar-refractivity contribution in [2.45, 2.75) is 43.7 Å². The minimum atomic E-state index is -0.522. The fraction of sp³-hybridized carbons (Fsp3) is 0.600. The molecule has 1 spiro atoms. The van der Waals surface area contributed by atoms with Gasteiger partial charge >= 0.3 is 0 Å². The number of morpholine rings is 1. The van der Waals surface area contributed by atoms with E-state index in [1.54, 1.807) is 0 Å². The van der Waals surface area contributed by atoms with Crippen LogP contribution < -0.4 is 5.32 Å². The van der Waals surface area contributed by atoms with Gasteiger partial charge in [0.05, 0.1) is 12.2 Å². The molecule has 1 saturated heterocycles. The number of rotatable bonds is 1. The zero-order valence-electron chi connectivity index (χ0n) is 10.9. The van der Waals surface area contributed by atoms with Crippen molar-refractivity contribution in [3.63, 3.8) is 0 Å². The molecular formula is C15H19F2NO. The summed E-state index contributed by atoms with van der Waals surface area (Å²) in [7, 11) is 0. The van der Waals surface area contributed by atoms with Gasteiger partial charge in [0.1, 0.15) is 17.7 Å². The first kappa shape index (κ1) is 13.0. The maximum atomic E-state index is 13.7. The monoisotopic (exact) mass is 267 g/mol. The quantitative estimate of drug-likeness (QED) is 0.842. The maximum Gasteiger partial charge on any atom is 0.132 e. The number of ether oxygens (including phenoxy) is 1. The number of nitrogens with one attached hydrogen (secondary N) is 1. The summed E-state index contributed by atoms with van der Waals surface area (Å²) in [4.78, 5) is 0. The molecule has 0 radical (unpaired) electrons. The Morgan fingerprint density at radius 1 is 1.11 bits per heavy atom. The van der Waals surface area contributed by atoms with E-state index in [1.807, 2.05) is 0 Å². The summed E-state index contributed by atoms with van der Waals surface area (Å²) < 4.78 is 33.2. The predicted octanol–water partition coefficient (Wildman–Crippen LogP) is 3.33. The van der Waals surface area contributed by atoms with Crippen molar-refractivity contribution in [3.8, 4) is 0 Å². The molecule has 3 rings (SSSR count). The average Bonchev–Trinajstić information content (AvgIpc) is 2.42. The maximum absolute atomic E-state index is 13.7. The summed E-state index contributed by atoms with van der Waals surface area (Å²) in [6.07, 6.45) is 5.35. The first-order valence-corrected chi connectivity index (χ1v) is 7.01. The van der Waals surface area contributed by atoms with Crippen LogP contribution in [0.5, 0.6) is 0 Å². The first-order chi connectivity index (χ1) is 9.20. The van der Waals surface area contributed by atoms with Crippen LogP contribution >= 0.6 is 0 Å². The molecule has 4 heteroatoms. The third kappa shape index (κ3) is 2.51. The summed E-state index contributed by atoms with van der Waals surface area (Å²) in [5.74, 6) is -1.04. The van der Waals surface area contributed by atoms with Crippen molar-refractivity contribution >= 4 is 0 Å². The largest absolute Gasteiger partial charge is 0.370 e. The van der Waals surface area contributed by atoms with E-state index in [0.29, 0.717) is 13.2 Å². The molecule has 2 nitrogen and oxygen atoms in total. The standard InChI is InChI=1S/C15H19F2NO/c16-11-5-4-6-12(17)14(11)13-9-18-15(10-19-13)7-2-1-3-8-15/h4-6,13,18H,1-3,7-10H2. The van der Waals surface area contributed by atoms with Crippen LogP contribution in [-0.2, 0) is 4.74 Å². The Morgan fingerprint density at radius 3 is 2.37 bits per heavy atom. The molecule has 1 heterocycles. The predicted molar refractivity (Wildman–Crippen MR) is 68.9 cm³/mol. The third-order valence-electron chi connectivity index (χ3n) is 4.36. The average molecular weight is 267 g/mol. The summed E-state index contributed by atoms with van der Waals surface area (Å²) in [6.45, 7) is 1.03. The van der Waals surface area contributed by atoms with E-state index in [1.165, 1.54) is 37.5 Å². The highest BCUT2D eigenvalue weighted by Crippen LogP contribution is 2.35. The van der Waals surface area contributed by atoms with Gasteiger partial charge < -0.3 is 10.1 Å². The minimum Gasteiger partial charge on any atom is -0.370 e. The lowest BCUT2D eigenvalue weighted by molar-refractivity contribution is -0.0493. The lowest BCUT2D eigenvalue weighted by Gasteiger charge is -2.43. The van der Waals surface area contributed by atoms with Crippen LogP contribution in [0.2, 0.25) is 0 Å². The Labute approximate surface area is 112 Å². The molecule has 1 N–H and O–H groups in total. The van der Waals surface area contributed by atoms with Crippen LogP contribution in [0, 0.1) is 11.6 Å². The van der Waals surface area contributed by atoms with Crippen LogP contribution in [0.25, 0.3) is 0 Å². The Kier molecular flexibility index (Phi) is 3.54. The molecular weight excluding hydrogens is 248 g/mol. The van der Waals surface area contributed by atoms with Crippen LogP contribution in [-0.4, -0.2) is 18.7 Å². The molecule has 0 aromatic heterocycles. The van der Waals surface area contributed by atoms with Gasteiger partial charge in [0.15, 0.2) is 0 Å². The van der Waals surface area contributed by atoms with E-state index in [4.69, 9.17) is 4.74 Å². The normalized spacial score (nSPS) is 26.5. The Balaban J connectivity index is 1.73. The molecule has 2 aliphatic rings. The van der Waals surface area contributed by atoms with Gasteiger partial charge in [-0.3, -0.25) is 0 Å². The molecule has 2 fully saturated rings. The van der Waals surface area contributed by atoms with E-state index < -0.39 is 17.7 Å². The second kappa shape index (κ2) is 5.17. The molecule has 0 amide bonds. The van der Waals surface area contributed by atoms with E-state index in [9.17, 15) is 8.78 Å². The van der Waals surface area contributed by atoms with Crippen molar-refractivity contribution in [2.24, 2.45) is 0 Å². The van der Waals surface area contributed by atoms with Gasteiger partial charge in [-0.2, -0.15) is 0 Å². The molecule has 1 aliphatic heterocycles. The Hall–Kier alpha value is -1.00. The van der Waals surface area contributed by atoms with Gasteiger partial charge in [0.25, 0.3) is 0 Å². The molecule has 0 bridgehead atoms. The van der Waals surface area contributed by atoms with Gasteiger partial charge in [-0.25, -0.2) is 8.78 Å². The fourth-order valence-corrected chi connectivity index (χ4v) is 3.23. The third-order valence-corrected chi connectivity index (χ3v) is 4.36. The zero-order valence-corrected chi connectivity index (χ0v) is 10.9. The number of halogens is 2.